The summed E-state index contributed by atoms with van der Waals surface area (Å²) in [6, 6.07) is 4.25. The number of halogens is 3. The number of rotatable bonds is 1. The van der Waals surface area contributed by atoms with Gasteiger partial charge in [-0.25, -0.2) is 0 Å². The average Bonchev–Trinajstić information content (AvgIpc) is 2.63. The van der Waals surface area contributed by atoms with Crippen molar-refractivity contribution in [1.29, 1.82) is 0 Å². The lowest BCUT2D eigenvalue weighted by molar-refractivity contribution is -0.358. The first-order valence-electron chi connectivity index (χ1n) is 4.12. The van der Waals surface area contributed by atoms with Crippen LogP contribution in [0.3, 0.4) is 0 Å². The first-order chi connectivity index (χ1) is 7.48. The molecule has 1 aromatic rings. The number of hydrogen-bond acceptors (Lipinski definition) is 3. The molecule has 0 fully saturated rings. The molecule has 2 rings (SSSR count). The Hall–Kier alpha value is -1.34. The summed E-state index contributed by atoms with van der Waals surface area (Å²) in [5, 5.41) is 11.1. The highest BCUT2D eigenvalue weighted by molar-refractivity contribution is 8.06. The third-order valence-electron chi connectivity index (χ3n) is 1.91. The van der Waals surface area contributed by atoms with Crippen LogP contribution in [0.5, 0.6) is 0 Å². The molecule has 0 spiro atoms. The van der Waals surface area contributed by atoms with Gasteiger partial charge < -0.3 is 9.94 Å². The molecule has 0 bridgehead atoms. The van der Waals surface area contributed by atoms with Crippen LogP contribution in [0.1, 0.15) is 11.1 Å². The molecule has 84 valence electrons. The molecule has 0 saturated carbocycles. The second-order valence-electron chi connectivity index (χ2n) is 2.95. The third kappa shape index (κ3) is 2.10. The number of alkyl halides is 3. The van der Waals surface area contributed by atoms with E-state index in [-0.39, 0.29) is 4.91 Å². The zero-order chi connectivity index (χ0) is 11.8. The molecule has 1 aromatic carbocycles. The standard InChI is InChI=1S/C9H5F3NO2S/c10-9(11,12)6-3-1-5(2-4-6)7-8(14)15-13-16-7/h1-4,14H/q+1/p-1. The normalized spacial score (nSPS) is 16.4. The van der Waals surface area contributed by atoms with E-state index in [1.54, 1.807) is 0 Å². The molecule has 1 aliphatic rings. The van der Waals surface area contributed by atoms with Gasteiger partial charge in [0.15, 0.2) is 0 Å². The molecule has 0 aliphatic carbocycles. The lowest BCUT2D eigenvalue weighted by Crippen LogP contribution is -2.06. The van der Waals surface area contributed by atoms with Crippen molar-refractivity contribution in [3.05, 3.63) is 41.3 Å². The van der Waals surface area contributed by atoms with Crippen molar-refractivity contribution in [2.45, 2.75) is 6.18 Å². The van der Waals surface area contributed by atoms with Crippen LogP contribution in [0.25, 0.3) is 4.91 Å². The largest absolute Gasteiger partial charge is 0.540 e. The molecule has 0 N–H and O–H groups in total. The van der Waals surface area contributed by atoms with Gasteiger partial charge in [0.25, 0.3) is 11.9 Å². The van der Waals surface area contributed by atoms with Crippen molar-refractivity contribution in [3.63, 3.8) is 0 Å². The Morgan fingerprint density at radius 1 is 1.19 bits per heavy atom. The van der Waals surface area contributed by atoms with Crippen molar-refractivity contribution >= 4 is 16.9 Å². The molecule has 7 heteroatoms. The molecular formula is C9H4F3NO2S. The predicted molar refractivity (Wildman–Crippen MR) is 49.2 cm³/mol. The maximum Gasteiger partial charge on any atom is 0.416 e. The Labute approximate surface area is 93.0 Å². The van der Waals surface area contributed by atoms with Crippen LogP contribution in [0.15, 0.2) is 30.2 Å². The summed E-state index contributed by atoms with van der Waals surface area (Å²) in [5.74, 6) is -0.648. The van der Waals surface area contributed by atoms with Crippen molar-refractivity contribution < 1.29 is 23.1 Å². The SMILES string of the molecule is [O-]C1=C(c2ccc(C(F)(F)F)cc2)S[N+]O1. The fraction of sp³-hybridized carbons (Fsp3) is 0.111. The number of benzene rings is 1. The molecule has 16 heavy (non-hydrogen) atoms. The molecule has 1 aliphatic heterocycles. The molecule has 0 aromatic heterocycles. The topological polar surface area (TPSA) is 46.4 Å². The van der Waals surface area contributed by atoms with Gasteiger partial charge in [-0.05, 0) is 17.7 Å². The molecule has 0 atom stereocenters. The maximum absolute atomic E-state index is 12.3. The maximum atomic E-state index is 12.3. The summed E-state index contributed by atoms with van der Waals surface area (Å²) in [6.07, 6.45) is -4.38. The van der Waals surface area contributed by atoms with Crippen molar-refractivity contribution in [2.24, 2.45) is 0 Å². The predicted octanol–water partition coefficient (Wildman–Crippen LogP) is 1.89. The van der Waals surface area contributed by atoms with Crippen LogP contribution < -0.4 is 9.99 Å². The summed E-state index contributed by atoms with van der Waals surface area (Å²) in [7, 11) is 0. The van der Waals surface area contributed by atoms with E-state index < -0.39 is 17.7 Å². The monoisotopic (exact) mass is 247 g/mol. The molecule has 0 unspecified atom stereocenters. The van der Waals surface area contributed by atoms with Crippen LogP contribution in [-0.4, -0.2) is 0 Å². The average molecular weight is 247 g/mol. The fourth-order valence-electron chi connectivity index (χ4n) is 1.15. The second-order valence-corrected chi connectivity index (χ2v) is 3.69. The quantitative estimate of drug-likeness (QED) is 0.712. The highest BCUT2D eigenvalue weighted by Crippen LogP contribution is 2.35. The Morgan fingerprint density at radius 2 is 1.81 bits per heavy atom. The van der Waals surface area contributed by atoms with Crippen LogP contribution in [0.2, 0.25) is 0 Å². The van der Waals surface area contributed by atoms with Gasteiger partial charge in [-0.2, -0.15) is 13.2 Å². The molecule has 0 saturated heterocycles. The van der Waals surface area contributed by atoms with E-state index in [2.05, 4.69) is 9.72 Å². The van der Waals surface area contributed by atoms with Gasteiger partial charge in [0.2, 0.25) is 0 Å². The van der Waals surface area contributed by atoms with Gasteiger partial charge in [-0.15, -0.1) is 0 Å². The minimum absolute atomic E-state index is 0.189. The van der Waals surface area contributed by atoms with Crippen LogP contribution >= 0.6 is 11.9 Å². The number of nitrogens with zero attached hydrogens (tertiary/aromatic N) is 1. The minimum atomic E-state index is -4.38. The van der Waals surface area contributed by atoms with Crippen LogP contribution in [-0.2, 0) is 11.0 Å². The highest BCUT2D eigenvalue weighted by Gasteiger charge is 2.31. The number of hydrogen-bond donors (Lipinski definition) is 0. The Kier molecular flexibility index (Phi) is 2.73. The zero-order valence-electron chi connectivity index (χ0n) is 7.62. The molecule has 0 amide bonds. The fourth-order valence-corrected chi connectivity index (χ4v) is 1.68. The van der Waals surface area contributed by atoms with Crippen molar-refractivity contribution in [2.75, 3.05) is 0 Å². The van der Waals surface area contributed by atoms with Crippen LogP contribution in [0, 0.1) is 0 Å². The van der Waals surface area contributed by atoms with Gasteiger partial charge in [0, 0.05) is 0 Å². The Bertz CT molecular complexity index is 427. The zero-order valence-corrected chi connectivity index (χ0v) is 8.43. The Balaban J connectivity index is 2.30. The molecular weight excluding hydrogens is 243 g/mol. The third-order valence-corrected chi connectivity index (χ3v) is 2.64. The van der Waals surface area contributed by atoms with E-state index in [0.717, 1.165) is 24.1 Å². The van der Waals surface area contributed by atoms with E-state index in [0.29, 0.717) is 5.56 Å². The van der Waals surface area contributed by atoms with E-state index >= 15 is 0 Å². The van der Waals surface area contributed by atoms with Crippen molar-refractivity contribution in [3.8, 4) is 0 Å². The molecule has 3 nitrogen and oxygen atoms in total. The van der Waals surface area contributed by atoms with Gasteiger partial charge >= 0.3 is 11.1 Å². The summed E-state index contributed by atoms with van der Waals surface area (Å²) in [5.41, 5.74) is -0.394. The van der Waals surface area contributed by atoms with Gasteiger partial charge in [-0.1, -0.05) is 12.1 Å². The van der Waals surface area contributed by atoms with Gasteiger partial charge in [-0.3, -0.25) is 0 Å². The summed E-state index contributed by atoms with van der Waals surface area (Å²) < 4.78 is 36.8. The van der Waals surface area contributed by atoms with E-state index in [9.17, 15) is 18.3 Å². The van der Waals surface area contributed by atoms with Gasteiger partial charge in [0.1, 0.15) is 10.9 Å². The van der Waals surface area contributed by atoms with E-state index in [1.807, 2.05) is 0 Å². The molecule has 2 radical (unpaired) electrons. The second kappa shape index (κ2) is 3.91. The van der Waals surface area contributed by atoms with Crippen molar-refractivity contribution in [1.82, 2.24) is 4.89 Å². The smallest absolute Gasteiger partial charge is 0.416 e. The highest BCUT2D eigenvalue weighted by atomic mass is 32.2. The Morgan fingerprint density at radius 3 is 2.25 bits per heavy atom. The minimum Gasteiger partial charge on any atom is -0.540 e. The summed E-state index contributed by atoms with van der Waals surface area (Å²) in [4.78, 5) is 7.80. The molecule has 1 heterocycles. The van der Waals surface area contributed by atoms with Gasteiger partial charge in [0.05, 0.1) is 5.56 Å². The first-order valence-corrected chi connectivity index (χ1v) is 4.89. The lowest BCUT2D eigenvalue weighted by Gasteiger charge is -2.06. The first kappa shape index (κ1) is 11.2. The van der Waals surface area contributed by atoms with Crippen LogP contribution in [0.4, 0.5) is 13.2 Å². The van der Waals surface area contributed by atoms with E-state index in [4.69, 9.17) is 0 Å². The lowest BCUT2D eigenvalue weighted by atomic mass is 10.1. The van der Waals surface area contributed by atoms with E-state index in [1.165, 1.54) is 12.1 Å². The summed E-state index contributed by atoms with van der Waals surface area (Å²) >= 11 is 0.806. The summed E-state index contributed by atoms with van der Waals surface area (Å²) in [6.45, 7) is 0.